The maximum Gasteiger partial charge on any atom is 0.416 e. The fourth-order valence-corrected chi connectivity index (χ4v) is 3.91. The number of ether oxygens (including phenoxy) is 1. The van der Waals surface area contributed by atoms with Crippen molar-refractivity contribution in [3.63, 3.8) is 0 Å². The topological polar surface area (TPSA) is 9.23 Å². The van der Waals surface area contributed by atoms with Gasteiger partial charge in [0.15, 0.2) is 0 Å². The Morgan fingerprint density at radius 2 is 1.60 bits per heavy atom. The highest BCUT2D eigenvalue weighted by molar-refractivity contribution is 5.70. The standard InChI is InChI=1S/C26H23F3O/c27-26(28,29)25(22-16-15-20-9-6-10-21(20)18-22)14-5-8-19-7-4-13-24(17-19)30-23-11-2-1-3-12-23/h1-4,7,11-18H,5-6,8-10H2. The van der Waals surface area contributed by atoms with Gasteiger partial charge < -0.3 is 4.74 Å². The third kappa shape index (κ3) is 4.93. The summed E-state index contributed by atoms with van der Waals surface area (Å²) < 4.78 is 46.9. The summed E-state index contributed by atoms with van der Waals surface area (Å²) in [7, 11) is 0. The van der Waals surface area contributed by atoms with Gasteiger partial charge in [-0.3, -0.25) is 0 Å². The van der Waals surface area contributed by atoms with Gasteiger partial charge in [0.1, 0.15) is 11.5 Å². The van der Waals surface area contributed by atoms with Gasteiger partial charge in [-0.25, -0.2) is 0 Å². The van der Waals surface area contributed by atoms with Gasteiger partial charge >= 0.3 is 6.18 Å². The van der Waals surface area contributed by atoms with Crippen LogP contribution in [0.5, 0.6) is 11.5 Å². The first-order chi connectivity index (χ1) is 14.5. The lowest BCUT2D eigenvalue weighted by atomic mass is 9.98. The monoisotopic (exact) mass is 408 g/mol. The van der Waals surface area contributed by atoms with Gasteiger partial charge in [-0.1, -0.05) is 54.6 Å². The van der Waals surface area contributed by atoms with Crippen LogP contribution in [0.15, 0.2) is 78.9 Å². The average Bonchev–Trinajstić information content (AvgIpc) is 3.19. The van der Waals surface area contributed by atoms with E-state index < -0.39 is 11.7 Å². The SMILES string of the molecule is FC(F)(F)C(=CCCc1cccc(Oc2ccccc2)c1)c1ccc2c(c1)CCC2. The maximum absolute atomic E-state index is 13.7. The maximum atomic E-state index is 13.7. The van der Waals surface area contributed by atoms with Gasteiger partial charge in [0.2, 0.25) is 0 Å². The molecule has 0 radical (unpaired) electrons. The van der Waals surface area contributed by atoms with Crippen molar-refractivity contribution < 1.29 is 17.9 Å². The molecule has 4 heteroatoms. The molecular weight excluding hydrogens is 385 g/mol. The number of para-hydroxylation sites is 1. The van der Waals surface area contributed by atoms with E-state index in [-0.39, 0.29) is 5.56 Å². The van der Waals surface area contributed by atoms with Gasteiger partial charge in [0, 0.05) is 0 Å². The summed E-state index contributed by atoms with van der Waals surface area (Å²) in [6.45, 7) is 0. The normalized spacial score (nSPS) is 13.9. The van der Waals surface area contributed by atoms with Crippen molar-refractivity contribution in [2.75, 3.05) is 0 Å². The third-order valence-corrected chi connectivity index (χ3v) is 5.37. The molecule has 0 aromatic heterocycles. The van der Waals surface area contributed by atoms with Crippen LogP contribution in [0, 0.1) is 0 Å². The Hall–Kier alpha value is -3.01. The van der Waals surface area contributed by atoms with E-state index in [0.29, 0.717) is 18.6 Å². The number of fused-ring (bicyclic) bond motifs is 1. The van der Waals surface area contributed by atoms with Crippen LogP contribution in [0.25, 0.3) is 5.57 Å². The molecule has 1 nitrogen and oxygen atoms in total. The van der Waals surface area contributed by atoms with Crippen LogP contribution in [-0.4, -0.2) is 6.18 Å². The van der Waals surface area contributed by atoms with E-state index in [0.717, 1.165) is 36.1 Å². The molecule has 1 aliphatic carbocycles. The fourth-order valence-electron chi connectivity index (χ4n) is 3.91. The molecule has 3 aromatic carbocycles. The Bertz CT molecular complexity index is 1040. The van der Waals surface area contributed by atoms with Crippen molar-refractivity contribution in [1.82, 2.24) is 0 Å². The van der Waals surface area contributed by atoms with Crippen molar-refractivity contribution in [1.29, 1.82) is 0 Å². The molecule has 0 spiro atoms. The Kier molecular flexibility index (Phi) is 5.93. The van der Waals surface area contributed by atoms with Gasteiger partial charge in [-0.15, -0.1) is 0 Å². The molecule has 0 atom stereocenters. The highest BCUT2D eigenvalue weighted by atomic mass is 19.4. The van der Waals surface area contributed by atoms with Crippen molar-refractivity contribution in [3.05, 3.63) is 101 Å². The summed E-state index contributed by atoms with van der Waals surface area (Å²) in [5, 5.41) is 0. The molecule has 0 amide bonds. The highest BCUT2D eigenvalue weighted by Crippen LogP contribution is 2.36. The predicted molar refractivity (Wildman–Crippen MR) is 114 cm³/mol. The number of benzene rings is 3. The van der Waals surface area contributed by atoms with E-state index >= 15 is 0 Å². The number of hydrogen-bond donors (Lipinski definition) is 0. The minimum absolute atomic E-state index is 0.268. The zero-order valence-electron chi connectivity index (χ0n) is 16.6. The second-order valence-electron chi connectivity index (χ2n) is 7.55. The first-order valence-corrected chi connectivity index (χ1v) is 10.2. The van der Waals surface area contributed by atoms with Crippen molar-refractivity contribution in [2.24, 2.45) is 0 Å². The molecule has 0 bridgehead atoms. The van der Waals surface area contributed by atoms with Crippen LogP contribution in [0.4, 0.5) is 13.2 Å². The molecule has 0 N–H and O–H groups in total. The molecule has 1 aliphatic rings. The number of aryl methyl sites for hydroxylation is 3. The van der Waals surface area contributed by atoms with Crippen LogP contribution in [0.2, 0.25) is 0 Å². The van der Waals surface area contributed by atoms with Crippen LogP contribution in [0.1, 0.15) is 35.1 Å². The highest BCUT2D eigenvalue weighted by Gasteiger charge is 2.34. The molecule has 3 aromatic rings. The molecule has 0 saturated heterocycles. The Labute approximate surface area is 174 Å². The quantitative estimate of drug-likeness (QED) is 0.409. The summed E-state index contributed by atoms with van der Waals surface area (Å²) in [6, 6.07) is 22.1. The van der Waals surface area contributed by atoms with Crippen LogP contribution in [-0.2, 0) is 19.3 Å². The summed E-state index contributed by atoms with van der Waals surface area (Å²) in [6.07, 6.45) is 0.611. The van der Waals surface area contributed by atoms with E-state index in [1.807, 2.05) is 60.7 Å². The van der Waals surface area contributed by atoms with E-state index in [1.54, 1.807) is 12.1 Å². The van der Waals surface area contributed by atoms with Crippen LogP contribution < -0.4 is 4.74 Å². The lowest BCUT2D eigenvalue weighted by Gasteiger charge is -2.14. The Balaban J connectivity index is 1.48. The van der Waals surface area contributed by atoms with E-state index in [1.165, 1.54) is 11.6 Å². The molecule has 0 aliphatic heterocycles. The van der Waals surface area contributed by atoms with E-state index in [2.05, 4.69) is 0 Å². The van der Waals surface area contributed by atoms with Crippen molar-refractivity contribution in [3.8, 4) is 11.5 Å². The van der Waals surface area contributed by atoms with Crippen LogP contribution in [0.3, 0.4) is 0 Å². The Morgan fingerprint density at radius 1 is 0.833 bits per heavy atom. The Morgan fingerprint density at radius 3 is 2.40 bits per heavy atom. The van der Waals surface area contributed by atoms with E-state index in [4.69, 9.17) is 4.74 Å². The molecule has 0 fully saturated rings. The molecule has 154 valence electrons. The average molecular weight is 408 g/mol. The number of hydrogen-bond acceptors (Lipinski definition) is 1. The number of allylic oxidation sites excluding steroid dienone is 2. The van der Waals surface area contributed by atoms with Crippen molar-refractivity contribution in [2.45, 2.75) is 38.3 Å². The second-order valence-corrected chi connectivity index (χ2v) is 7.55. The van der Waals surface area contributed by atoms with Gasteiger partial charge in [-0.05, 0) is 78.6 Å². The summed E-state index contributed by atoms with van der Waals surface area (Å²) in [4.78, 5) is 0. The number of alkyl halides is 3. The lowest BCUT2D eigenvalue weighted by molar-refractivity contribution is -0.0690. The number of halogens is 3. The minimum atomic E-state index is -4.37. The zero-order chi connectivity index (χ0) is 21.0. The summed E-state index contributed by atoms with van der Waals surface area (Å²) in [5.74, 6) is 1.41. The summed E-state index contributed by atoms with van der Waals surface area (Å²) >= 11 is 0. The predicted octanol–water partition coefficient (Wildman–Crippen LogP) is 7.55. The van der Waals surface area contributed by atoms with Gasteiger partial charge in [0.25, 0.3) is 0 Å². The number of rotatable bonds is 6. The smallest absolute Gasteiger partial charge is 0.416 e. The first kappa shape index (κ1) is 20.3. The van der Waals surface area contributed by atoms with Crippen molar-refractivity contribution >= 4 is 5.57 Å². The molecule has 0 unspecified atom stereocenters. The third-order valence-electron chi connectivity index (χ3n) is 5.37. The molecular formula is C26H23F3O. The zero-order valence-corrected chi connectivity index (χ0v) is 16.6. The van der Waals surface area contributed by atoms with Gasteiger partial charge in [-0.2, -0.15) is 13.2 Å². The van der Waals surface area contributed by atoms with Crippen LogP contribution >= 0.6 is 0 Å². The second kappa shape index (κ2) is 8.78. The molecule has 4 rings (SSSR count). The van der Waals surface area contributed by atoms with E-state index in [9.17, 15) is 13.2 Å². The largest absolute Gasteiger partial charge is 0.457 e. The fraction of sp³-hybridized carbons (Fsp3) is 0.231. The lowest BCUT2D eigenvalue weighted by Crippen LogP contribution is -2.11. The summed E-state index contributed by atoms with van der Waals surface area (Å²) in [5.41, 5.74) is 2.89. The van der Waals surface area contributed by atoms with Gasteiger partial charge in [0.05, 0.1) is 5.57 Å². The minimum Gasteiger partial charge on any atom is -0.457 e. The first-order valence-electron chi connectivity index (χ1n) is 10.2. The molecule has 30 heavy (non-hydrogen) atoms. The molecule has 0 saturated carbocycles. The molecule has 0 heterocycles.